The number of hydrogen-bond acceptors (Lipinski definition) is 3. The van der Waals surface area contributed by atoms with E-state index in [0.29, 0.717) is 0 Å². The van der Waals surface area contributed by atoms with Crippen molar-refractivity contribution in [2.24, 2.45) is 4.99 Å². The third kappa shape index (κ3) is 1.68. The predicted molar refractivity (Wildman–Crippen MR) is 57.0 cm³/mol. The lowest BCUT2D eigenvalue weighted by atomic mass is 10.2. The second-order valence-corrected chi connectivity index (χ2v) is 3.59. The van der Waals surface area contributed by atoms with Gasteiger partial charge in [-0.3, -0.25) is 0 Å². The number of aliphatic imine (C=N–C) groups is 1. The number of rotatable bonds is 1. The van der Waals surface area contributed by atoms with Gasteiger partial charge in [0.25, 0.3) is 0 Å². The van der Waals surface area contributed by atoms with E-state index in [9.17, 15) is 0 Å². The Kier molecular flexibility index (Phi) is 2.24. The molecule has 3 nitrogen and oxygen atoms in total. The Bertz CT molecular complexity index is 337. The first-order valence-electron chi connectivity index (χ1n) is 4.09. The van der Waals surface area contributed by atoms with Crippen LogP contribution in [0, 0.1) is 0 Å². The molecular formula is C9H12N3S+. The molecule has 13 heavy (non-hydrogen) atoms. The van der Waals surface area contributed by atoms with Crippen LogP contribution in [0.1, 0.15) is 11.7 Å². The van der Waals surface area contributed by atoms with E-state index in [0.717, 1.165) is 4.90 Å². The van der Waals surface area contributed by atoms with Gasteiger partial charge in [0.1, 0.15) is 6.17 Å². The van der Waals surface area contributed by atoms with Gasteiger partial charge < -0.3 is 5.43 Å². The van der Waals surface area contributed by atoms with Crippen LogP contribution in [-0.4, -0.2) is 18.4 Å². The Labute approximate surface area is 82.9 Å². The first-order chi connectivity index (χ1) is 6.27. The minimum Gasteiger partial charge on any atom is -0.307 e. The third-order valence-electron chi connectivity index (χ3n) is 2.03. The summed E-state index contributed by atoms with van der Waals surface area (Å²) in [6, 6.07) is 8.16. The second kappa shape index (κ2) is 3.40. The topological polar surface area (TPSA) is 27.6 Å². The van der Waals surface area contributed by atoms with Crippen molar-refractivity contribution < 1.29 is 0 Å². The summed E-state index contributed by atoms with van der Waals surface area (Å²) in [6.07, 6.45) is 1.81. The lowest BCUT2D eigenvalue weighted by molar-refractivity contribution is 0.244. The molecule has 0 saturated heterocycles. The predicted octanol–water partition coefficient (Wildman–Crippen LogP) is 0.534. The van der Waals surface area contributed by atoms with E-state index in [-0.39, 0.29) is 6.17 Å². The Morgan fingerprint density at radius 2 is 2.38 bits per heavy atom. The monoisotopic (exact) mass is 194 g/mol. The third-order valence-corrected chi connectivity index (χ3v) is 2.34. The molecule has 1 aliphatic rings. The van der Waals surface area contributed by atoms with Gasteiger partial charge in [-0.05, 0) is 30.3 Å². The van der Waals surface area contributed by atoms with Crippen molar-refractivity contribution in [1.29, 1.82) is 0 Å². The molecule has 68 valence electrons. The summed E-state index contributed by atoms with van der Waals surface area (Å²) in [6.45, 7) is 0. The molecule has 1 unspecified atom stereocenters. The van der Waals surface area contributed by atoms with Crippen molar-refractivity contribution in [2.45, 2.75) is 11.1 Å². The minimum atomic E-state index is 0.0938. The van der Waals surface area contributed by atoms with Gasteiger partial charge in [-0.2, -0.15) is 5.01 Å². The van der Waals surface area contributed by atoms with Gasteiger partial charge in [-0.25, -0.2) is 4.99 Å². The molecule has 0 aliphatic carbocycles. The molecule has 1 aromatic rings. The molecule has 0 bridgehead atoms. The van der Waals surface area contributed by atoms with Crippen molar-refractivity contribution in [1.82, 2.24) is 10.4 Å². The lowest BCUT2D eigenvalue weighted by Crippen LogP contribution is -2.29. The van der Waals surface area contributed by atoms with Crippen LogP contribution >= 0.6 is 0 Å². The molecule has 1 aliphatic heterocycles. The summed E-state index contributed by atoms with van der Waals surface area (Å²) in [7, 11) is 1.97. The summed E-state index contributed by atoms with van der Waals surface area (Å²) >= 11 is 3.49. The average molecular weight is 194 g/mol. The maximum absolute atomic E-state index is 4.30. The fraction of sp³-hybridized carbons (Fsp3) is 0.222. The Morgan fingerprint density at radius 3 is 3.00 bits per heavy atom. The highest BCUT2D eigenvalue weighted by Gasteiger charge is 2.18. The molecule has 0 saturated carbocycles. The van der Waals surface area contributed by atoms with Crippen LogP contribution in [0.2, 0.25) is 0 Å². The van der Waals surface area contributed by atoms with Crippen molar-refractivity contribution in [3.8, 4) is 0 Å². The Hall–Kier alpha value is -1.00. The summed E-state index contributed by atoms with van der Waals surface area (Å²) in [5.74, 6) is 0. The molecule has 1 atom stereocenters. The normalized spacial score (nSPS) is 21.8. The van der Waals surface area contributed by atoms with Crippen molar-refractivity contribution in [2.75, 3.05) is 7.05 Å². The molecule has 1 N–H and O–H groups in total. The zero-order valence-electron chi connectivity index (χ0n) is 7.36. The zero-order chi connectivity index (χ0) is 9.26. The molecule has 0 spiro atoms. The number of hydrazine groups is 1. The largest absolute Gasteiger partial charge is 0.307 e. The van der Waals surface area contributed by atoms with E-state index in [1.54, 1.807) is 6.34 Å². The number of benzene rings is 1. The fourth-order valence-electron chi connectivity index (χ4n) is 1.37. The Balaban J connectivity index is 2.29. The van der Waals surface area contributed by atoms with Crippen molar-refractivity contribution in [3.63, 3.8) is 0 Å². The van der Waals surface area contributed by atoms with Crippen LogP contribution < -0.4 is 5.43 Å². The molecule has 1 aromatic carbocycles. The summed E-state index contributed by atoms with van der Waals surface area (Å²) in [4.78, 5) is 5.37. The van der Waals surface area contributed by atoms with Crippen LogP contribution in [0.25, 0.3) is 0 Å². The maximum Gasteiger partial charge on any atom is 0.150 e. The van der Waals surface area contributed by atoms with Gasteiger partial charge in [-0.15, -0.1) is 0 Å². The second-order valence-electron chi connectivity index (χ2n) is 3.02. The summed E-state index contributed by atoms with van der Waals surface area (Å²) in [5.41, 5.74) is 4.19. The fourth-order valence-corrected chi connectivity index (χ4v) is 1.64. The average Bonchev–Trinajstić information content (AvgIpc) is 2.51. The summed E-state index contributed by atoms with van der Waals surface area (Å²) in [5, 5.41) is 1.96. The van der Waals surface area contributed by atoms with Gasteiger partial charge >= 0.3 is 0 Å². The minimum absolute atomic E-state index is 0.0938. The van der Waals surface area contributed by atoms with E-state index < -0.39 is 0 Å². The maximum atomic E-state index is 4.30. The van der Waals surface area contributed by atoms with Gasteiger partial charge in [0, 0.05) is 7.05 Å². The number of nitrogens with zero attached hydrogens (tertiary/aromatic N) is 2. The van der Waals surface area contributed by atoms with Gasteiger partial charge in [0.2, 0.25) is 0 Å². The van der Waals surface area contributed by atoms with Crippen molar-refractivity contribution in [3.05, 3.63) is 29.8 Å². The molecule has 2 rings (SSSR count). The molecular weight excluding hydrogens is 182 g/mol. The van der Waals surface area contributed by atoms with E-state index in [1.807, 2.05) is 24.2 Å². The van der Waals surface area contributed by atoms with E-state index >= 15 is 0 Å². The quantitative estimate of drug-likeness (QED) is 0.661. The zero-order valence-corrected chi connectivity index (χ0v) is 8.36. The molecule has 0 aromatic heterocycles. The molecule has 1 heterocycles. The van der Waals surface area contributed by atoms with E-state index in [1.165, 1.54) is 5.56 Å². The van der Waals surface area contributed by atoms with Crippen LogP contribution in [-0.2, 0) is 12.6 Å². The smallest absolute Gasteiger partial charge is 0.150 e. The first kappa shape index (κ1) is 8.59. The van der Waals surface area contributed by atoms with Crippen molar-refractivity contribution >= 4 is 19.0 Å². The van der Waals surface area contributed by atoms with Gasteiger partial charge in [-0.1, -0.05) is 12.1 Å². The lowest BCUT2D eigenvalue weighted by Gasteiger charge is -2.17. The SMILES string of the molecule is CN1NC=NC1c1cccc([SH2+])c1. The van der Waals surface area contributed by atoms with Crippen LogP contribution in [0.5, 0.6) is 0 Å². The first-order valence-corrected chi connectivity index (χ1v) is 4.59. The van der Waals surface area contributed by atoms with Gasteiger partial charge in [0.05, 0.1) is 6.34 Å². The van der Waals surface area contributed by atoms with E-state index in [2.05, 4.69) is 35.2 Å². The van der Waals surface area contributed by atoms with Crippen LogP contribution in [0.3, 0.4) is 0 Å². The molecule has 0 radical (unpaired) electrons. The van der Waals surface area contributed by atoms with E-state index in [4.69, 9.17) is 0 Å². The summed E-state index contributed by atoms with van der Waals surface area (Å²) < 4.78 is 0. The Morgan fingerprint density at radius 1 is 1.54 bits per heavy atom. The molecule has 0 amide bonds. The molecule has 0 fully saturated rings. The van der Waals surface area contributed by atoms with Crippen LogP contribution in [0.15, 0.2) is 34.2 Å². The van der Waals surface area contributed by atoms with Crippen LogP contribution in [0.4, 0.5) is 0 Å². The number of nitrogens with one attached hydrogen (secondary N) is 1. The standard InChI is InChI=1S/C9H11N3S/c1-12-9(10-6-11-12)7-3-2-4-8(13)5-7/h2-6,9,13H,1H3,(H,10,11)/p+1. The van der Waals surface area contributed by atoms with Gasteiger partial charge in [0.15, 0.2) is 4.90 Å². The highest BCUT2D eigenvalue weighted by molar-refractivity contribution is 7.58. The highest BCUT2D eigenvalue weighted by atomic mass is 32.1. The number of hydrogen-bond donors (Lipinski definition) is 1. The molecule has 4 heteroatoms. The highest BCUT2D eigenvalue weighted by Crippen LogP contribution is 2.21.